The van der Waals surface area contributed by atoms with E-state index in [-0.39, 0.29) is 17.8 Å². The molecule has 1 aromatic rings. The maximum Gasteiger partial charge on any atom is 0.169 e. The Morgan fingerprint density at radius 2 is 2.57 bits per heavy atom. The molecule has 1 fully saturated rings. The van der Waals surface area contributed by atoms with Gasteiger partial charge in [-0.3, -0.25) is 4.79 Å². The molecule has 0 spiro atoms. The molecule has 2 rings (SSSR count). The van der Waals surface area contributed by atoms with Crippen LogP contribution in [0.1, 0.15) is 30.1 Å². The number of Topliss-reactive ketones (excluding diaryl/α,β-unsaturated/α-hetero) is 1. The molecule has 14 heavy (non-hydrogen) atoms. The Labute approximate surface area is 87.9 Å². The lowest BCUT2D eigenvalue weighted by Gasteiger charge is -2.14. The first-order valence-electron chi connectivity index (χ1n) is 5.01. The molecule has 1 aliphatic rings. The van der Waals surface area contributed by atoms with Crippen molar-refractivity contribution >= 4 is 17.1 Å². The number of hydrogen-bond acceptors (Lipinski definition) is 3. The van der Waals surface area contributed by atoms with Gasteiger partial charge in [0.05, 0.1) is 12.0 Å². The molecule has 1 aromatic heterocycles. The molecule has 2 unspecified atom stereocenters. The summed E-state index contributed by atoms with van der Waals surface area (Å²) < 4.78 is 5.52. The Morgan fingerprint density at radius 3 is 3.21 bits per heavy atom. The average Bonchev–Trinajstić information content (AvgIpc) is 2.87. The summed E-state index contributed by atoms with van der Waals surface area (Å²) in [6.07, 6.45) is 1.95. The molecule has 0 bridgehead atoms. The van der Waals surface area contributed by atoms with Crippen molar-refractivity contribution in [1.82, 2.24) is 0 Å². The van der Waals surface area contributed by atoms with Crippen LogP contribution in [0.15, 0.2) is 16.8 Å². The average molecular weight is 210 g/mol. The zero-order chi connectivity index (χ0) is 9.97. The van der Waals surface area contributed by atoms with Gasteiger partial charge in [-0.1, -0.05) is 6.92 Å². The fourth-order valence-corrected chi connectivity index (χ4v) is 2.61. The van der Waals surface area contributed by atoms with Crippen molar-refractivity contribution in [1.29, 1.82) is 0 Å². The molecule has 2 heterocycles. The highest BCUT2D eigenvalue weighted by molar-refractivity contribution is 7.08. The van der Waals surface area contributed by atoms with Crippen LogP contribution in [-0.2, 0) is 4.74 Å². The quantitative estimate of drug-likeness (QED) is 0.717. The minimum Gasteiger partial charge on any atom is -0.377 e. The molecular formula is C11H14O2S. The van der Waals surface area contributed by atoms with Crippen molar-refractivity contribution in [3.8, 4) is 0 Å². The molecule has 1 saturated heterocycles. The third-order valence-electron chi connectivity index (χ3n) is 2.75. The standard InChI is InChI=1S/C11H14O2S/c1-2-10-9(3-5-13-10)11(12)8-4-6-14-7-8/h4,6-7,9-10H,2-3,5H2,1H3. The van der Waals surface area contributed by atoms with E-state index in [2.05, 4.69) is 6.92 Å². The van der Waals surface area contributed by atoms with Crippen LogP contribution < -0.4 is 0 Å². The van der Waals surface area contributed by atoms with Gasteiger partial charge in [0.2, 0.25) is 0 Å². The van der Waals surface area contributed by atoms with E-state index in [0.29, 0.717) is 0 Å². The highest BCUT2D eigenvalue weighted by Crippen LogP contribution is 2.27. The summed E-state index contributed by atoms with van der Waals surface area (Å²) in [6, 6.07) is 1.90. The molecule has 0 N–H and O–H groups in total. The Bertz CT molecular complexity index is 305. The first-order chi connectivity index (χ1) is 6.83. The van der Waals surface area contributed by atoms with E-state index in [1.165, 1.54) is 0 Å². The SMILES string of the molecule is CCC1OCCC1C(=O)c1ccsc1. The lowest BCUT2D eigenvalue weighted by molar-refractivity contribution is 0.0689. The Hall–Kier alpha value is -0.670. The van der Waals surface area contributed by atoms with Gasteiger partial charge in [-0.25, -0.2) is 0 Å². The molecule has 2 atom stereocenters. The molecule has 0 aliphatic carbocycles. The van der Waals surface area contributed by atoms with Gasteiger partial charge in [0.1, 0.15) is 0 Å². The third kappa shape index (κ3) is 1.74. The molecular weight excluding hydrogens is 196 g/mol. The van der Waals surface area contributed by atoms with E-state index in [9.17, 15) is 4.79 Å². The fourth-order valence-electron chi connectivity index (χ4n) is 1.97. The molecule has 0 aromatic carbocycles. The molecule has 1 aliphatic heterocycles. The lowest BCUT2D eigenvalue weighted by atomic mass is 9.92. The van der Waals surface area contributed by atoms with Crippen molar-refractivity contribution in [2.75, 3.05) is 6.61 Å². The van der Waals surface area contributed by atoms with Crippen LogP contribution in [0.4, 0.5) is 0 Å². The summed E-state index contributed by atoms with van der Waals surface area (Å²) in [4.78, 5) is 12.0. The van der Waals surface area contributed by atoms with E-state index in [1.807, 2.05) is 16.8 Å². The molecule has 3 heteroatoms. The van der Waals surface area contributed by atoms with Gasteiger partial charge in [0.25, 0.3) is 0 Å². The second-order valence-corrected chi connectivity index (χ2v) is 4.37. The minimum atomic E-state index is 0.0922. The molecule has 0 saturated carbocycles. The second-order valence-electron chi connectivity index (χ2n) is 3.59. The Morgan fingerprint density at radius 1 is 1.71 bits per heavy atom. The van der Waals surface area contributed by atoms with E-state index in [4.69, 9.17) is 4.74 Å². The largest absolute Gasteiger partial charge is 0.377 e. The number of ketones is 1. The fraction of sp³-hybridized carbons (Fsp3) is 0.545. The van der Waals surface area contributed by atoms with Gasteiger partial charge in [-0.15, -0.1) is 0 Å². The number of rotatable bonds is 3. The van der Waals surface area contributed by atoms with Gasteiger partial charge in [0.15, 0.2) is 5.78 Å². The number of carbonyl (C=O) groups excluding carboxylic acids is 1. The summed E-state index contributed by atoms with van der Waals surface area (Å²) in [6.45, 7) is 2.81. The summed E-state index contributed by atoms with van der Waals surface area (Å²) in [5, 5.41) is 3.87. The molecule has 76 valence electrons. The van der Waals surface area contributed by atoms with Crippen LogP contribution in [0.2, 0.25) is 0 Å². The topological polar surface area (TPSA) is 26.3 Å². The van der Waals surface area contributed by atoms with Crippen LogP contribution in [0.25, 0.3) is 0 Å². The monoisotopic (exact) mass is 210 g/mol. The van der Waals surface area contributed by atoms with Crippen LogP contribution in [-0.4, -0.2) is 18.5 Å². The molecule has 0 radical (unpaired) electrons. The molecule has 0 amide bonds. The van der Waals surface area contributed by atoms with Crippen LogP contribution in [0.5, 0.6) is 0 Å². The maximum atomic E-state index is 12.0. The minimum absolute atomic E-state index is 0.0922. The van der Waals surface area contributed by atoms with E-state index in [0.717, 1.165) is 25.0 Å². The Balaban J connectivity index is 2.11. The predicted molar refractivity (Wildman–Crippen MR) is 56.8 cm³/mol. The van der Waals surface area contributed by atoms with Gasteiger partial charge >= 0.3 is 0 Å². The zero-order valence-corrected chi connectivity index (χ0v) is 9.05. The smallest absolute Gasteiger partial charge is 0.169 e. The number of carbonyl (C=O) groups is 1. The van der Waals surface area contributed by atoms with E-state index in [1.54, 1.807) is 11.3 Å². The number of ether oxygens (including phenoxy) is 1. The van der Waals surface area contributed by atoms with Crippen LogP contribution in [0, 0.1) is 5.92 Å². The zero-order valence-electron chi connectivity index (χ0n) is 8.23. The number of thiophene rings is 1. The van der Waals surface area contributed by atoms with Crippen molar-refractivity contribution in [2.45, 2.75) is 25.9 Å². The normalized spacial score (nSPS) is 26.6. The van der Waals surface area contributed by atoms with Crippen LogP contribution >= 0.6 is 11.3 Å². The number of hydrogen-bond donors (Lipinski definition) is 0. The predicted octanol–water partition coefficient (Wildman–Crippen LogP) is 2.75. The highest BCUT2D eigenvalue weighted by Gasteiger charge is 2.33. The van der Waals surface area contributed by atoms with Gasteiger partial charge < -0.3 is 4.74 Å². The summed E-state index contributed by atoms with van der Waals surface area (Å²) in [5.41, 5.74) is 0.851. The molecule has 2 nitrogen and oxygen atoms in total. The van der Waals surface area contributed by atoms with E-state index >= 15 is 0 Å². The van der Waals surface area contributed by atoms with Crippen LogP contribution in [0.3, 0.4) is 0 Å². The summed E-state index contributed by atoms with van der Waals surface area (Å²) >= 11 is 1.57. The van der Waals surface area contributed by atoms with Crippen molar-refractivity contribution < 1.29 is 9.53 Å². The van der Waals surface area contributed by atoms with Gasteiger partial charge in [0, 0.05) is 17.6 Å². The Kier molecular flexibility index (Phi) is 2.99. The first kappa shape index (κ1) is 9.87. The van der Waals surface area contributed by atoms with Gasteiger partial charge in [-0.05, 0) is 24.3 Å². The van der Waals surface area contributed by atoms with Gasteiger partial charge in [-0.2, -0.15) is 11.3 Å². The highest BCUT2D eigenvalue weighted by atomic mass is 32.1. The first-order valence-corrected chi connectivity index (χ1v) is 5.95. The van der Waals surface area contributed by atoms with Crippen molar-refractivity contribution in [2.24, 2.45) is 5.92 Å². The summed E-state index contributed by atoms with van der Waals surface area (Å²) in [7, 11) is 0. The van der Waals surface area contributed by atoms with Crippen molar-refractivity contribution in [3.63, 3.8) is 0 Å². The summed E-state index contributed by atoms with van der Waals surface area (Å²) in [5.74, 6) is 0.352. The van der Waals surface area contributed by atoms with E-state index < -0.39 is 0 Å². The lowest BCUT2D eigenvalue weighted by Crippen LogP contribution is -2.23. The second kappa shape index (κ2) is 4.24. The third-order valence-corrected chi connectivity index (χ3v) is 3.44. The maximum absolute atomic E-state index is 12.0. The van der Waals surface area contributed by atoms with Crippen molar-refractivity contribution in [3.05, 3.63) is 22.4 Å².